The van der Waals surface area contributed by atoms with Gasteiger partial charge in [0.2, 0.25) is 0 Å². The van der Waals surface area contributed by atoms with Crippen LogP contribution >= 0.6 is 0 Å². The molecule has 3 aromatic rings. The van der Waals surface area contributed by atoms with Crippen molar-refractivity contribution in [2.24, 2.45) is 5.73 Å². The van der Waals surface area contributed by atoms with Gasteiger partial charge >= 0.3 is 0 Å². The molecule has 5 heteroatoms. The summed E-state index contributed by atoms with van der Waals surface area (Å²) in [7, 11) is 0. The summed E-state index contributed by atoms with van der Waals surface area (Å²) in [5, 5.41) is 0. The topological polar surface area (TPSA) is 61.7 Å². The van der Waals surface area contributed by atoms with E-state index < -0.39 is 0 Å². The highest BCUT2D eigenvalue weighted by Gasteiger charge is 2.13. The average molecular weight is 269 g/mol. The van der Waals surface area contributed by atoms with Crippen molar-refractivity contribution in [3.8, 4) is 11.5 Å². The van der Waals surface area contributed by atoms with E-state index in [0.29, 0.717) is 6.54 Å². The number of nitrogens with zero attached hydrogens (tertiary/aromatic N) is 4. The highest BCUT2D eigenvalue weighted by atomic mass is 15.1. The minimum Gasteiger partial charge on any atom is -0.335 e. The van der Waals surface area contributed by atoms with Crippen molar-refractivity contribution >= 4 is 11.0 Å². The number of rotatable bonds is 4. The molecule has 5 nitrogen and oxygen atoms in total. The van der Waals surface area contributed by atoms with Crippen LogP contribution in [-0.4, -0.2) is 25.6 Å². The van der Waals surface area contributed by atoms with E-state index >= 15 is 0 Å². The van der Waals surface area contributed by atoms with Gasteiger partial charge in [0.25, 0.3) is 0 Å². The van der Waals surface area contributed by atoms with E-state index in [-0.39, 0.29) is 0 Å². The van der Waals surface area contributed by atoms with Gasteiger partial charge in [-0.3, -0.25) is 0 Å². The molecule has 2 heterocycles. The lowest BCUT2D eigenvalue weighted by atomic mass is 10.2. The Labute approximate surface area is 118 Å². The Morgan fingerprint density at radius 3 is 2.90 bits per heavy atom. The Kier molecular flexibility index (Phi) is 3.28. The maximum atomic E-state index is 5.57. The number of aromatic nitrogens is 4. The molecule has 0 aliphatic carbocycles. The van der Waals surface area contributed by atoms with E-state index in [4.69, 9.17) is 10.7 Å². The van der Waals surface area contributed by atoms with Crippen LogP contribution in [0.5, 0.6) is 0 Å². The smallest absolute Gasteiger partial charge is 0.161 e. The van der Waals surface area contributed by atoms with E-state index in [1.54, 1.807) is 0 Å². The molecule has 2 aromatic heterocycles. The lowest BCUT2D eigenvalue weighted by molar-refractivity contribution is 0.707. The molecule has 0 saturated carbocycles. The van der Waals surface area contributed by atoms with Crippen LogP contribution in [0.4, 0.5) is 0 Å². The van der Waals surface area contributed by atoms with Gasteiger partial charge in [-0.25, -0.2) is 9.97 Å². The molecular formula is C15H19N5. The number of aryl methyl sites for hydroxylation is 2. The van der Waals surface area contributed by atoms with Crippen molar-refractivity contribution in [3.63, 3.8) is 0 Å². The summed E-state index contributed by atoms with van der Waals surface area (Å²) < 4.78 is 4.20. The quantitative estimate of drug-likeness (QED) is 0.789. The Morgan fingerprint density at radius 1 is 1.30 bits per heavy atom. The fraction of sp³-hybridized carbons (Fsp3) is 0.333. The van der Waals surface area contributed by atoms with Gasteiger partial charge in [0.05, 0.1) is 17.4 Å². The molecule has 0 fully saturated rings. The molecule has 0 spiro atoms. The van der Waals surface area contributed by atoms with Crippen LogP contribution in [-0.2, 0) is 13.1 Å². The number of imidazole rings is 2. The first-order valence-corrected chi connectivity index (χ1v) is 6.92. The summed E-state index contributed by atoms with van der Waals surface area (Å²) in [6, 6.07) is 6.36. The van der Waals surface area contributed by atoms with Crippen LogP contribution < -0.4 is 5.73 Å². The van der Waals surface area contributed by atoms with Crippen molar-refractivity contribution < 1.29 is 0 Å². The van der Waals surface area contributed by atoms with E-state index in [2.05, 4.69) is 41.6 Å². The minimum absolute atomic E-state index is 0.610. The molecule has 0 atom stereocenters. The summed E-state index contributed by atoms with van der Waals surface area (Å²) in [6.45, 7) is 6.47. The summed E-state index contributed by atoms with van der Waals surface area (Å²) in [5.41, 5.74) is 9.87. The van der Waals surface area contributed by atoms with Crippen LogP contribution in [0.1, 0.15) is 12.5 Å². The molecule has 3 rings (SSSR count). The highest BCUT2D eigenvalue weighted by molar-refractivity contribution is 5.80. The van der Waals surface area contributed by atoms with Crippen LogP contribution in [0.15, 0.2) is 30.7 Å². The third-order valence-electron chi connectivity index (χ3n) is 3.47. The second-order valence-electron chi connectivity index (χ2n) is 4.96. The Morgan fingerprint density at radius 2 is 2.15 bits per heavy atom. The molecule has 0 amide bonds. The maximum absolute atomic E-state index is 5.57. The first-order valence-electron chi connectivity index (χ1n) is 6.92. The van der Waals surface area contributed by atoms with Crippen molar-refractivity contribution in [2.75, 3.05) is 6.54 Å². The third kappa shape index (κ3) is 2.10. The summed E-state index contributed by atoms with van der Waals surface area (Å²) in [6.07, 6.45) is 3.82. The molecule has 0 unspecified atom stereocenters. The second kappa shape index (κ2) is 5.09. The van der Waals surface area contributed by atoms with Gasteiger partial charge in [-0.1, -0.05) is 6.07 Å². The fourth-order valence-corrected chi connectivity index (χ4v) is 2.50. The Hall–Kier alpha value is -2.14. The normalized spacial score (nSPS) is 11.3. The Bertz CT molecular complexity index is 738. The molecule has 1 aromatic carbocycles. The minimum atomic E-state index is 0.610. The van der Waals surface area contributed by atoms with Crippen molar-refractivity contribution in [2.45, 2.75) is 26.9 Å². The largest absolute Gasteiger partial charge is 0.335 e. The molecule has 0 aliphatic rings. The van der Waals surface area contributed by atoms with E-state index in [0.717, 1.165) is 35.6 Å². The van der Waals surface area contributed by atoms with Gasteiger partial charge in [-0.05, 0) is 31.5 Å². The zero-order valence-corrected chi connectivity index (χ0v) is 11.9. The predicted octanol–water partition coefficient (Wildman–Crippen LogP) is 2.19. The zero-order valence-electron chi connectivity index (χ0n) is 11.9. The molecule has 20 heavy (non-hydrogen) atoms. The molecule has 2 N–H and O–H groups in total. The van der Waals surface area contributed by atoms with E-state index in [1.165, 1.54) is 5.56 Å². The number of fused-ring (bicyclic) bond motifs is 1. The molecule has 0 saturated heterocycles. The molecule has 104 valence electrons. The number of nitrogens with two attached hydrogens (primary N) is 1. The van der Waals surface area contributed by atoms with Crippen LogP contribution in [0, 0.1) is 6.92 Å². The first-order chi connectivity index (χ1) is 9.72. The average Bonchev–Trinajstić information content (AvgIpc) is 3.02. The first kappa shape index (κ1) is 12.9. The zero-order chi connectivity index (χ0) is 14.1. The standard InChI is InChI=1S/C15H19N5/c1-3-20-14-5-4-11(2)8-12(14)18-15(20)13-9-19(7-6-16)10-17-13/h4-5,8-10H,3,6-7,16H2,1-2H3. The van der Waals surface area contributed by atoms with Crippen LogP contribution in [0.2, 0.25) is 0 Å². The second-order valence-corrected chi connectivity index (χ2v) is 4.96. The third-order valence-corrected chi connectivity index (χ3v) is 3.47. The van der Waals surface area contributed by atoms with E-state index in [9.17, 15) is 0 Å². The summed E-state index contributed by atoms with van der Waals surface area (Å²) in [5.74, 6) is 0.920. The van der Waals surface area contributed by atoms with Crippen LogP contribution in [0.25, 0.3) is 22.6 Å². The lowest BCUT2D eigenvalue weighted by Crippen LogP contribution is -2.07. The van der Waals surface area contributed by atoms with Crippen molar-refractivity contribution in [1.82, 2.24) is 19.1 Å². The fourth-order valence-electron chi connectivity index (χ4n) is 2.50. The lowest BCUT2D eigenvalue weighted by Gasteiger charge is -2.03. The number of benzene rings is 1. The van der Waals surface area contributed by atoms with Gasteiger partial charge < -0.3 is 14.9 Å². The number of hydrogen-bond donors (Lipinski definition) is 1. The van der Waals surface area contributed by atoms with Crippen molar-refractivity contribution in [1.29, 1.82) is 0 Å². The summed E-state index contributed by atoms with van der Waals surface area (Å²) >= 11 is 0. The van der Waals surface area contributed by atoms with E-state index in [1.807, 2.05) is 17.1 Å². The van der Waals surface area contributed by atoms with Gasteiger partial charge in [0.1, 0.15) is 5.69 Å². The van der Waals surface area contributed by atoms with Gasteiger partial charge in [-0.2, -0.15) is 0 Å². The van der Waals surface area contributed by atoms with Gasteiger partial charge in [0.15, 0.2) is 5.82 Å². The molecule has 0 aliphatic heterocycles. The van der Waals surface area contributed by atoms with Crippen LogP contribution in [0.3, 0.4) is 0 Å². The maximum Gasteiger partial charge on any atom is 0.161 e. The summed E-state index contributed by atoms with van der Waals surface area (Å²) in [4.78, 5) is 9.20. The molecular weight excluding hydrogens is 250 g/mol. The molecule has 0 radical (unpaired) electrons. The van der Waals surface area contributed by atoms with Gasteiger partial charge in [0, 0.05) is 25.8 Å². The highest BCUT2D eigenvalue weighted by Crippen LogP contribution is 2.24. The van der Waals surface area contributed by atoms with Crippen molar-refractivity contribution in [3.05, 3.63) is 36.3 Å². The SMILES string of the molecule is CCn1c(-c2cn(CCN)cn2)nc2cc(C)ccc21. The Balaban J connectivity index is 2.13. The predicted molar refractivity (Wildman–Crippen MR) is 80.4 cm³/mol. The monoisotopic (exact) mass is 269 g/mol. The number of hydrogen-bond acceptors (Lipinski definition) is 3. The molecule has 0 bridgehead atoms. The van der Waals surface area contributed by atoms with Gasteiger partial charge in [-0.15, -0.1) is 0 Å².